The number of hydrogen-bond acceptors (Lipinski definition) is 5. The average molecular weight is 395 g/mol. The predicted octanol–water partition coefficient (Wildman–Crippen LogP) is 2.29. The number of Topliss-reactive ketones (excluding diaryl/α,β-unsaturated/α-hetero) is 1. The van der Waals surface area contributed by atoms with Gasteiger partial charge in [-0.15, -0.1) is 0 Å². The van der Waals surface area contributed by atoms with Crippen molar-refractivity contribution in [2.45, 2.75) is 25.7 Å². The number of amides is 1. The van der Waals surface area contributed by atoms with E-state index in [2.05, 4.69) is 20.5 Å². The van der Waals surface area contributed by atoms with E-state index in [1.807, 2.05) is 36.4 Å². The van der Waals surface area contributed by atoms with Crippen LogP contribution in [0, 0.1) is 0 Å². The topological polar surface area (TPSA) is 74.3 Å². The minimum atomic E-state index is -0.271. The highest BCUT2D eigenvalue weighted by Crippen LogP contribution is 2.15. The Bertz CT molecular complexity index is 817. The Morgan fingerprint density at radius 3 is 2.59 bits per heavy atom. The molecule has 0 aliphatic carbocycles. The lowest BCUT2D eigenvalue weighted by atomic mass is 10.0. The first kappa shape index (κ1) is 21.1. The molecule has 1 aliphatic heterocycles. The van der Waals surface area contributed by atoms with Crippen LogP contribution in [0.3, 0.4) is 0 Å². The highest BCUT2D eigenvalue weighted by Gasteiger charge is 2.15. The molecule has 3 rings (SSSR count). The van der Waals surface area contributed by atoms with Crippen LogP contribution in [0.15, 0.2) is 42.5 Å². The molecule has 2 N–H and O–H groups in total. The molecular weight excluding hydrogens is 364 g/mol. The van der Waals surface area contributed by atoms with Gasteiger partial charge in [-0.25, -0.2) is 4.98 Å². The number of aromatic nitrogens is 1. The van der Waals surface area contributed by atoms with Crippen molar-refractivity contribution < 1.29 is 9.59 Å². The van der Waals surface area contributed by atoms with Crippen molar-refractivity contribution in [2.24, 2.45) is 0 Å². The number of rotatable bonds is 9. The summed E-state index contributed by atoms with van der Waals surface area (Å²) in [4.78, 5) is 31.8. The average Bonchev–Trinajstić information content (AvgIpc) is 2.77. The van der Waals surface area contributed by atoms with E-state index in [1.165, 1.54) is 0 Å². The number of ketones is 1. The minimum absolute atomic E-state index is 0.0761. The highest BCUT2D eigenvalue weighted by atomic mass is 16.1. The third kappa shape index (κ3) is 6.48. The summed E-state index contributed by atoms with van der Waals surface area (Å²) < 4.78 is 0. The molecule has 1 aromatic carbocycles. The summed E-state index contributed by atoms with van der Waals surface area (Å²) in [6.07, 6.45) is 2.95. The second-order valence-electron chi connectivity index (χ2n) is 7.45. The largest absolute Gasteiger partial charge is 0.354 e. The standard InChI is InChI=1S/C23H30N4O2/c1-24-23(29)21-17-19(16-20(26-21)15-18-7-3-2-4-8-18)22(28)9-5-6-12-27-13-10-25-11-14-27/h2-4,7-8,16-17,25H,5-6,9-15H2,1H3,(H,24,29). The number of pyridine rings is 1. The second kappa shape index (κ2) is 10.8. The third-order valence-corrected chi connectivity index (χ3v) is 5.23. The molecule has 2 aromatic rings. The number of nitrogens with one attached hydrogen (secondary N) is 2. The lowest BCUT2D eigenvalue weighted by molar-refractivity contribution is 0.0958. The van der Waals surface area contributed by atoms with E-state index in [0.29, 0.717) is 24.1 Å². The van der Waals surface area contributed by atoms with E-state index < -0.39 is 0 Å². The molecule has 0 unspecified atom stereocenters. The molecule has 0 saturated carbocycles. The second-order valence-corrected chi connectivity index (χ2v) is 7.45. The van der Waals surface area contributed by atoms with E-state index in [0.717, 1.165) is 56.8 Å². The molecule has 1 saturated heterocycles. The van der Waals surface area contributed by atoms with Crippen molar-refractivity contribution in [1.82, 2.24) is 20.5 Å². The van der Waals surface area contributed by atoms with E-state index in [1.54, 1.807) is 13.1 Å². The van der Waals surface area contributed by atoms with Crippen molar-refractivity contribution in [3.63, 3.8) is 0 Å². The third-order valence-electron chi connectivity index (χ3n) is 5.23. The normalized spacial score (nSPS) is 14.5. The van der Waals surface area contributed by atoms with E-state index in [9.17, 15) is 9.59 Å². The molecule has 6 nitrogen and oxygen atoms in total. The number of benzene rings is 1. The summed E-state index contributed by atoms with van der Waals surface area (Å²) >= 11 is 0. The Hall–Kier alpha value is -2.57. The van der Waals surface area contributed by atoms with Crippen LogP contribution < -0.4 is 10.6 Å². The Kier molecular flexibility index (Phi) is 7.90. The Labute approximate surface area is 172 Å². The number of piperazine rings is 1. The molecule has 0 atom stereocenters. The lowest BCUT2D eigenvalue weighted by Crippen LogP contribution is -2.43. The zero-order chi connectivity index (χ0) is 20.5. The Morgan fingerprint density at radius 1 is 1.10 bits per heavy atom. The molecule has 6 heteroatoms. The maximum absolute atomic E-state index is 12.8. The van der Waals surface area contributed by atoms with Gasteiger partial charge in [0.2, 0.25) is 0 Å². The van der Waals surface area contributed by atoms with E-state index in [-0.39, 0.29) is 11.7 Å². The van der Waals surface area contributed by atoms with Crippen LogP contribution in [0.5, 0.6) is 0 Å². The van der Waals surface area contributed by atoms with Crippen LogP contribution in [0.25, 0.3) is 0 Å². The fourth-order valence-corrected chi connectivity index (χ4v) is 3.59. The zero-order valence-electron chi connectivity index (χ0n) is 17.1. The first-order valence-electron chi connectivity index (χ1n) is 10.4. The summed E-state index contributed by atoms with van der Waals surface area (Å²) in [7, 11) is 1.57. The molecule has 0 bridgehead atoms. The van der Waals surface area contributed by atoms with Gasteiger partial charge in [-0.05, 0) is 37.1 Å². The number of nitrogens with zero attached hydrogens (tertiary/aromatic N) is 2. The van der Waals surface area contributed by atoms with Crippen molar-refractivity contribution in [1.29, 1.82) is 0 Å². The van der Waals surface area contributed by atoms with Crippen LogP contribution in [-0.4, -0.2) is 61.3 Å². The Balaban J connectivity index is 1.63. The van der Waals surface area contributed by atoms with Gasteiger partial charge in [0.25, 0.3) is 5.91 Å². The Morgan fingerprint density at radius 2 is 1.86 bits per heavy atom. The fraction of sp³-hybridized carbons (Fsp3) is 0.435. The highest BCUT2D eigenvalue weighted by molar-refractivity contribution is 5.99. The predicted molar refractivity (Wildman–Crippen MR) is 114 cm³/mol. The maximum atomic E-state index is 12.8. The lowest BCUT2D eigenvalue weighted by Gasteiger charge is -2.26. The van der Waals surface area contributed by atoms with Gasteiger partial charge in [-0.3, -0.25) is 9.59 Å². The molecule has 1 fully saturated rings. The summed E-state index contributed by atoms with van der Waals surface area (Å²) in [5.41, 5.74) is 2.71. The van der Waals surface area contributed by atoms with Crippen LogP contribution >= 0.6 is 0 Å². The summed E-state index contributed by atoms with van der Waals surface area (Å²) in [5, 5.41) is 5.96. The number of carbonyl (C=O) groups excluding carboxylic acids is 2. The first-order valence-corrected chi connectivity index (χ1v) is 10.4. The van der Waals surface area contributed by atoms with Gasteiger partial charge < -0.3 is 15.5 Å². The van der Waals surface area contributed by atoms with Crippen molar-refractivity contribution in [2.75, 3.05) is 39.8 Å². The maximum Gasteiger partial charge on any atom is 0.269 e. The molecule has 29 heavy (non-hydrogen) atoms. The minimum Gasteiger partial charge on any atom is -0.354 e. The summed E-state index contributed by atoms with van der Waals surface area (Å²) in [5.74, 6) is -0.195. The number of unbranched alkanes of at least 4 members (excludes halogenated alkanes) is 1. The molecular formula is C23H30N4O2. The SMILES string of the molecule is CNC(=O)c1cc(C(=O)CCCCN2CCNCC2)cc(Cc2ccccc2)n1. The van der Waals surface area contributed by atoms with Gasteiger partial charge in [0.15, 0.2) is 5.78 Å². The monoisotopic (exact) mass is 394 g/mol. The molecule has 154 valence electrons. The molecule has 0 spiro atoms. The van der Waals surface area contributed by atoms with Crippen molar-refractivity contribution >= 4 is 11.7 Å². The zero-order valence-corrected chi connectivity index (χ0v) is 17.1. The van der Waals surface area contributed by atoms with Crippen molar-refractivity contribution in [3.05, 3.63) is 65.0 Å². The van der Waals surface area contributed by atoms with Crippen LogP contribution in [0.4, 0.5) is 0 Å². The van der Waals surface area contributed by atoms with Crippen LogP contribution in [0.1, 0.15) is 51.4 Å². The summed E-state index contributed by atoms with van der Waals surface area (Å²) in [6, 6.07) is 13.4. The quantitative estimate of drug-likeness (QED) is 0.504. The van der Waals surface area contributed by atoms with E-state index in [4.69, 9.17) is 0 Å². The molecule has 1 aromatic heterocycles. The molecule has 1 aliphatic rings. The van der Waals surface area contributed by atoms with Gasteiger partial charge in [0, 0.05) is 57.3 Å². The number of carbonyl (C=O) groups is 2. The van der Waals surface area contributed by atoms with Gasteiger partial charge in [-0.2, -0.15) is 0 Å². The number of hydrogen-bond donors (Lipinski definition) is 2. The van der Waals surface area contributed by atoms with Gasteiger partial charge in [0.1, 0.15) is 5.69 Å². The first-order chi connectivity index (χ1) is 14.2. The van der Waals surface area contributed by atoms with Crippen molar-refractivity contribution in [3.8, 4) is 0 Å². The molecule has 1 amide bonds. The van der Waals surface area contributed by atoms with Crippen LogP contribution in [-0.2, 0) is 6.42 Å². The van der Waals surface area contributed by atoms with Gasteiger partial charge in [-0.1, -0.05) is 30.3 Å². The van der Waals surface area contributed by atoms with Gasteiger partial charge in [0.05, 0.1) is 0 Å². The molecule has 2 heterocycles. The fourth-order valence-electron chi connectivity index (χ4n) is 3.59. The van der Waals surface area contributed by atoms with Gasteiger partial charge >= 0.3 is 0 Å². The smallest absolute Gasteiger partial charge is 0.269 e. The van der Waals surface area contributed by atoms with E-state index >= 15 is 0 Å². The van der Waals surface area contributed by atoms with Crippen LogP contribution in [0.2, 0.25) is 0 Å². The molecule has 0 radical (unpaired) electrons. The summed E-state index contributed by atoms with van der Waals surface area (Å²) in [6.45, 7) is 5.28.